The van der Waals surface area contributed by atoms with Crippen molar-refractivity contribution in [2.75, 3.05) is 0 Å². The summed E-state index contributed by atoms with van der Waals surface area (Å²) in [7, 11) is 0. The van der Waals surface area contributed by atoms with E-state index >= 15 is 0 Å². The average Bonchev–Trinajstić information content (AvgIpc) is 3.29. The molecule has 0 saturated carbocycles. The first-order valence-electron chi connectivity index (χ1n) is 7.81. The SMILES string of the molecule is Cc1csc([C@@H](Cc2ccsc2)NC(=O)C[C@@H](C)n2ccnc2)n1. The van der Waals surface area contributed by atoms with Crippen LogP contribution in [0.3, 0.4) is 0 Å². The van der Waals surface area contributed by atoms with Gasteiger partial charge in [0.05, 0.1) is 12.4 Å². The summed E-state index contributed by atoms with van der Waals surface area (Å²) >= 11 is 3.27. The van der Waals surface area contributed by atoms with Gasteiger partial charge in [-0.2, -0.15) is 11.3 Å². The molecule has 0 spiro atoms. The molecule has 2 atom stereocenters. The minimum absolute atomic E-state index is 0.0317. The minimum atomic E-state index is -0.0826. The van der Waals surface area contributed by atoms with Crippen molar-refractivity contribution in [3.8, 4) is 0 Å². The molecule has 0 fully saturated rings. The summed E-state index contributed by atoms with van der Waals surface area (Å²) in [4.78, 5) is 21.1. The molecule has 3 heterocycles. The Bertz CT molecular complexity index is 764. The lowest BCUT2D eigenvalue weighted by Gasteiger charge is -2.18. The average molecular weight is 361 g/mol. The number of carbonyl (C=O) groups is 1. The van der Waals surface area contributed by atoms with Gasteiger partial charge >= 0.3 is 0 Å². The van der Waals surface area contributed by atoms with Crippen LogP contribution < -0.4 is 5.32 Å². The van der Waals surface area contributed by atoms with Crippen molar-refractivity contribution in [1.29, 1.82) is 0 Å². The van der Waals surface area contributed by atoms with Crippen LogP contribution in [0.4, 0.5) is 0 Å². The smallest absolute Gasteiger partial charge is 0.222 e. The largest absolute Gasteiger partial charge is 0.346 e. The molecule has 0 bridgehead atoms. The molecule has 5 nitrogen and oxygen atoms in total. The van der Waals surface area contributed by atoms with Crippen molar-refractivity contribution in [2.24, 2.45) is 0 Å². The van der Waals surface area contributed by atoms with Gasteiger partial charge in [-0.25, -0.2) is 9.97 Å². The molecule has 126 valence electrons. The van der Waals surface area contributed by atoms with Crippen molar-refractivity contribution in [1.82, 2.24) is 19.9 Å². The molecule has 0 aliphatic rings. The van der Waals surface area contributed by atoms with Crippen LogP contribution in [0, 0.1) is 6.92 Å². The lowest BCUT2D eigenvalue weighted by atomic mass is 10.1. The predicted molar refractivity (Wildman–Crippen MR) is 97.3 cm³/mol. The number of nitrogens with one attached hydrogen (secondary N) is 1. The summed E-state index contributed by atoms with van der Waals surface area (Å²) in [5.41, 5.74) is 2.21. The third kappa shape index (κ3) is 4.30. The Labute approximate surface area is 149 Å². The Kier molecular flexibility index (Phi) is 5.42. The van der Waals surface area contributed by atoms with Crippen LogP contribution in [-0.2, 0) is 11.2 Å². The minimum Gasteiger partial charge on any atom is -0.346 e. The molecule has 0 aliphatic carbocycles. The number of aromatic nitrogens is 3. The summed E-state index contributed by atoms with van der Waals surface area (Å²) < 4.78 is 1.95. The molecule has 7 heteroatoms. The molecule has 0 aromatic carbocycles. The summed E-state index contributed by atoms with van der Waals surface area (Å²) in [5.74, 6) is 0.0317. The third-order valence-electron chi connectivity index (χ3n) is 3.80. The quantitative estimate of drug-likeness (QED) is 0.698. The van der Waals surface area contributed by atoms with E-state index in [1.807, 2.05) is 30.0 Å². The number of carbonyl (C=O) groups excluding carboxylic acids is 1. The molecule has 1 N–H and O–H groups in total. The van der Waals surface area contributed by atoms with Crippen LogP contribution in [-0.4, -0.2) is 20.4 Å². The number of nitrogens with zero attached hydrogens (tertiary/aromatic N) is 3. The number of thiazole rings is 1. The topological polar surface area (TPSA) is 59.8 Å². The van der Waals surface area contributed by atoms with Crippen LogP contribution in [0.5, 0.6) is 0 Å². The molecule has 0 radical (unpaired) electrons. The van der Waals surface area contributed by atoms with Crippen LogP contribution in [0.2, 0.25) is 0 Å². The van der Waals surface area contributed by atoms with Crippen molar-refractivity contribution < 1.29 is 4.79 Å². The maximum Gasteiger partial charge on any atom is 0.222 e. The first kappa shape index (κ1) is 16.9. The van der Waals surface area contributed by atoms with Crippen LogP contribution in [0.1, 0.15) is 41.7 Å². The molecule has 0 aliphatic heterocycles. The van der Waals surface area contributed by atoms with E-state index in [1.54, 1.807) is 35.2 Å². The lowest BCUT2D eigenvalue weighted by Crippen LogP contribution is -2.31. The van der Waals surface area contributed by atoms with Gasteiger partial charge in [0.25, 0.3) is 0 Å². The van der Waals surface area contributed by atoms with Gasteiger partial charge in [-0.05, 0) is 36.2 Å². The molecular weight excluding hydrogens is 340 g/mol. The molecule has 0 saturated heterocycles. The van der Waals surface area contributed by atoms with Crippen LogP contribution in [0.15, 0.2) is 40.9 Å². The highest BCUT2D eigenvalue weighted by atomic mass is 32.1. The second kappa shape index (κ2) is 7.72. The maximum absolute atomic E-state index is 12.5. The Morgan fingerprint density at radius 2 is 2.29 bits per heavy atom. The van der Waals surface area contributed by atoms with Gasteiger partial charge in [-0.1, -0.05) is 0 Å². The molecule has 3 aromatic heterocycles. The van der Waals surface area contributed by atoms with Gasteiger partial charge in [0.1, 0.15) is 5.01 Å². The molecular formula is C17H20N4OS2. The van der Waals surface area contributed by atoms with Gasteiger partial charge < -0.3 is 9.88 Å². The van der Waals surface area contributed by atoms with E-state index in [4.69, 9.17) is 0 Å². The number of hydrogen-bond donors (Lipinski definition) is 1. The maximum atomic E-state index is 12.5. The van der Waals surface area contributed by atoms with Gasteiger partial charge in [0, 0.05) is 42.4 Å². The fourth-order valence-electron chi connectivity index (χ4n) is 2.53. The highest BCUT2D eigenvalue weighted by Gasteiger charge is 2.20. The van der Waals surface area contributed by atoms with Crippen LogP contribution >= 0.6 is 22.7 Å². The van der Waals surface area contributed by atoms with E-state index in [0.29, 0.717) is 6.42 Å². The number of amides is 1. The Balaban J connectivity index is 1.67. The predicted octanol–water partition coefficient (Wildman–Crippen LogP) is 3.76. The van der Waals surface area contributed by atoms with E-state index in [2.05, 4.69) is 32.1 Å². The van der Waals surface area contributed by atoms with Gasteiger partial charge in [0.2, 0.25) is 5.91 Å². The van der Waals surface area contributed by atoms with E-state index in [1.165, 1.54) is 5.56 Å². The zero-order valence-corrected chi connectivity index (χ0v) is 15.3. The third-order valence-corrected chi connectivity index (χ3v) is 5.61. The zero-order valence-electron chi connectivity index (χ0n) is 13.7. The summed E-state index contributed by atoms with van der Waals surface area (Å²) in [6.07, 6.45) is 6.53. The van der Waals surface area contributed by atoms with Gasteiger partial charge in [-0.3, -0.25) is 4.79 Å². The second-order valence-corrected chi connectivity index (χ2v) is 7.52. The summed E-state index contributed by atoms with van der Waals surface area (Å²) in [6, 6.07) is 2.09. The molecule has 3 aromatic rings. The number of hydrogen-bond acceptors (Lipinski definition) is 5. The number of imidazole rings is 1. The Morgan fingerprint density at radius 1 is 1.42 bits per heavy atom. The monoisotopic (exact) mass is 360 g/mol. The summed E-state index contributed by atoms with van der Waals surface area (Å²) in [5, 5.41) is 10.3. The molecule has 0 unspecified atom stereocenters. The standard InChI is InChI=1S/C17H20N4OS2/c1-12-9-24-17(19-12)15(8-14-3-6-23-10-14)20-16(22)7-13(2)21-5-4-18-11-21/h3-6,9-11,13,15H,7-8H2,1-2H3,(H,20,22)/t13-,15-/m1/s1. The highest BCUT2D eigenvalue weighted by Crippen LogP contribution is 2.24. The molecule has 3 rings (SSSR count). The first-order valence-corrected chi connectivity index (χ1v) is 9.64. The fraction of sp³-hybridized carbons (Fsp3) is 0.353. The van der Waals surface area contributed by atoms with Gasteiger partial charge in [0.15, 0.2) is 0 Å². The fourth-order valence-corrected chi connectivity index (χ4v) is 4.06. The van der Waals surface area contributed by atoms with E-state index in [0.717, 1.165) is 17.1 Å². The normalized spacial score (nSPS) is 13.6. The second-order valence-electron chi connectivity index (χ2n) is 5.85. The van der Waals surface area contributed by atoms with Crippen LogP contribution in [0.25, 0.3) is 0 Å². The number of aryl methyl sites for hydroxylation is 1. The molecule has 1 amide bonds. The highest BCUT2D eigenvalue weighted by molar-refractivity contribution is 7.09. The van der Waals surface area contributed by atoms with Gasteiger partial charge in [-0.15, -0.1) is 11.3 Å². The Morgan fingerprint density at radius 3 is 2.92 bits per heavy atom. The first-order chi connectivity index (χ1) is 11.6. The molecule has 24 heavy (non-hydrogen) atoms. The van der Waals surface area contributed by atoms with Crippen molar-refractivity contribution in [2.45, 2.75) is 38.8 Å². The van der Waals surface area contributed by atoms with E-state index in [-0.39, 0.29) is 18.0 Å². The zero-order chi connectivity index (χ0) is 16.9. The summed E-state index contributed by atoms with van der Waals surface area (Å²) in [6.45, 7) is 3.99. The van der Waals surface area contributed by atoms with Crippen molar-refractivity contribution in [3.63, 3.8) is 0 Å². The number of thiophene rings is 1. The van der Waals surface area contributed by atoms with Crippen molar-refractivity contribution in [3.05, 3.63) is 57.2 Å². The van der Waals surface area contributed by atoms with E-state index < -0.39 is 0 Å². The van der Waals surface area contributed by atoms with Crippen molar-refractivity contribution >= 4 is 28.6 Å². The van der Waals surface area contributed by atoms with E-state index in [9.17, 15) is 4.79 Å². The Hall–Kier alpha value is -1.99. The lowest BCUT2D eigenvalue weighted by molar-refractivity contribution is -0.122. The number of rotatable bonds is 7.